The molecule has 5 heteroatoms. The first-order chi connectivity index (χ1) is 21.7. The van der Waals surface area contributed by atoms with Gasteiger partial charge in [-0.15, -0.1) is 0 Å². The van der Waals surface area contributed by atoms with Crippen LogP contribution in [0.3, 0.4) is 0 Å². The number of nitrogens with zero attached hydrogens (tertiary/aromatic N) is 3. The Morgan fingerprint density at radius 2 is 0.750 bits per heavy atom. The molecule has 0 amide bonds. The number of pyridine rings is 1. The van der Waals surface area contributed by atoms with E-state index >= 15 is 0 Å². The van der Waals surface area contributed by atoms with E-state index in [1.165, 1.54) is 22.3 Å². The number of hydrogen-bond donors (Lipinski definition) is 2. The molecule has 2 N–H and O–H groups in total. The maximum Gasteiger partial charge on any atom is 0.0590 e. The van der Waals surface area contributed by atoms with Crippen molar-refractivity contribution in [2.24, 2.45) is 0 Å². The molecule has 0 saturated carbocycles. The fourth-order valence-corrected chi connectivity index (χ4v) is 5.78. The molecule has 0 aliphatic heterocycles. The van der Waals surface area contributed by atoms with E-state index in [-0.39, 0.29) is 25.3 Å². The Bertz CT molecular complexity index is 1390. The van der Waals surface area contributed by atoms with Gasteiger partial charge in [-0.05, 0) is 47.2 Å². The minimum Gasteiger partial charge on any atom is -0.395 e. The number of hydrogen-bond acceptors (Lipinski definition) is 5. The summed E-state index contributed by atoms with van der Waals surface area (Å²) in [5.74, 6) is 0. The Hall–Kier alpha value is -4.13. The van der Waals surface area contributed by atoms with Crippen LogP contribution in [0.1, 0.15) is 33.6 Å². The topological polar surface area (TPSA) is 59.8 Å². The van der Waals surface area contributed by atoms with Gasteiger partial charge in [0.25, 0.3) is 0 Å². The Morgan fingerprint density at radius 1 is 0.409 bits per heavy atom. The molecule has 44 heavy (non-hydrogen) atoms. The van der Waals surface area contributed by atoms with Gasteiger partial charge in [-0.25, -0.2) is 0 Å². The first-order valence-electron chi connectivity index (χ1n) is 15.5. The highest BCUT2D eigenvalue weighted by Gasteiger charge is 2.22. The van der Waals surface area contributed by atoms with Gasteiger partial charge in [-0.3, -0.25) is 14.8 Å². The van der Waals surface area contributed by atoms with Crippen molar-refractivity contribution in [3.63, 3.8) is 0 Å². The first kappa shape index (κ1) is 31.3. The molecule has 5 nitrogen and oxygen atoms in total. The molecule has 0 bridgehead atoms. The van der Waals surface area contributed by atoms with Crippen molar-refractivity contribution < 1.29 is 10.2 Å². The third-order valence-corrected chi connectivity index (χ3v) is 8.13. The molecule has 2 atom stereocenters. The molecule has 1 aromatic heterocycles. The second kappa shape index (κ2) is 16.6. The summed E-state index contributed by atoms with van der Waals surface area (Å²) in [6.45, 7) is 2.79. The molecule has 5 rings (SSSR count). The van der Waals surface area contributed by atoms with Crippen molar-refractivity contribution in [2.75, 3.05) is 13.2 Å². The summed E-state index contributed by atoms with van der Waals surface area (Å²) in [5, 5.41) is 21.1. The highest BCUT2D eigenvalue weighted by atomic mass is 16.3. The predicted molar refractivity (Wildman–Crippen MR) is 178 cm³/mol. The van der Waals surface area contributed by atoms with Crippen molar-refractivity contribution >= 4 is 0 Å². The predicted octanol–water partition coefficient (Wildman–Crippen LogP) is 6.29. The molecular weight excluding hydrogens is 542 g/mol. The molecular formula is C39H43N3O2. The summed E-state index contributed by atoms with van der Waals surface area (Å²) >= 11 is 0. The Balaban J connectivity index is 1.37. The van der Waals surface area contributed by atoms with Crippen molar-refractivity contribution in [1.82, 2.24) is 14.8 Å². The van der Waals surface area contributed by atoms with Crippen LogP contribution in [0.5, 0.6) is 0 Å². The molecule has 226 valence electrons. The summed E-state index contributed by atoms with van der Waals surface area (Å²) < 4.78 is 0. The zero-order valence-electron chi connectivity index (χ0n) is 25.3. The van der Waals surface area contributed by atoms with Crippen molar-refractivity contribution in [3.8, 4) is 0 Å². The Morgan fingerprint density at radius 3 is 1.09 bits per heavy atom. The van der Waals surface area contributed by atoms with Gasteiger partial charge in [0, 0.05) is 38.3 Å². The highest BCUT2D eigenvalue weighted by Crippen LogP contribution is 2.19. The molecule has 0 aliphatic carbocycles. The van der Waals surface area contributed by atoms with E-state index < -0.39 is 0 Å². The maximum atomic E-state index is 10.5. The molecule has 1 heterocycles. The molecule has 0 unspecified atom stereocenters. The third-order valence-electron chi connectivity index (χ3n) is 8.13. The van der Waals surface area contributed by atoms with Crippen LogP contribution in [-0.4, -0.2) is 50.3 Å². The summed E-state index contributed by atoms with van der Waals surface area (Å²) in [7, 11) is 0. The van der Waals surface area contributed by atoms with Crippen LogP contribution in [0.4, 0.5) is 0 Å². The second-order valence-corrected chi connectivity index (χ2v) is 11.5. The van der Waals surface area contributed by atoms with Gasteiger partial charge >= 0.3 is 0 Å². The molecule has 0 aliphatic rings. The third kappa shape index (κ3) is 9.43. The lowest BCUT2D eigenvalue weighted by atomic mass is 10.0. The minimum absolute atomic E-state index is 0.0534. The van der Waals surface area contributed by atoms with Gasteiger partial charge < -0.3 is 10.2 Å². The molecule has 0 saturated heterocycles. The largest absolute Gasteiger partial charge is 0.395 e. The molecule has 5 aromatic rings. The van der Waals surface area contributed by atoms with Crippen LogP contribution in [0.2, 0.25) is 0 Å². The molecule has 0 fully saturated rings. The van der Waals surface area contributed by atoms with Gasteiger partial charge in [0.05, 0.1) is 24.6 Å². The van der Waals surface area contributed by atoms with Gasteiger partial charge in [-0.1, -0.05) is 127 Å². The number of rotatable bonds is 16. The van der Waals surface area contributed by atoms with Crippen LogP contribution in [0, 0.1) is 0 Å². The number of aliphatic hydroxyl groups is 2. The lowest BCUT2D eigenvalue weighted by Crippen LogP contribution is -2.39. The molecule has 4 aromatic carbocycles. The first-order valence-corrected chi connectivity index (χ1v) is 15.5. The quantitative estimate of drug-likeness (QED) is 0.143. The number of aromatic nitrogens is 1. The average Bonchev–Trinajstić information content (AvgIpc) is 3.07. The normalized spacial score (nSPS) is 12.8. The zero-order chi connectivity index (χ0) is 30.4. The van der Waals surface area contributed by atoms with Crippen LogP contribution in [0.25, 0.3) is 0 Å². The lowest BCUT2D eigenvalue weighted by Gasteiger charge is -2.32. The molecule has 0 radical (unpaired) electrons. The minimum atomic E-state index is -0.0534. The van der Waals surface area contributed by atoms with E-state index in [2.05, 4.69) is 125 Å². The van der Waals surface area contributed by atoms with E-state index in [1.54, 1.807) is 0 Å². The summed E-state index contributed by atoms with van der Waals surface area (Å²) in [6.07, 6.45) is 1.51. The van der Waals surface area contributed by atoms with Gasteiger partial charge in [-0.2, -0.15) is 0 Å². The number of aliphatic hydroxyl groups excluding tert-OH is 2. The van der Waals surface area contributed by atoms with E-state index in [9.17, 15) is 10.2 Å². The Kier molecular flexibility index (Phi) is 11.8. The van der Waals surface area contributed by atoms with E-state index in [0.29, 0.717) is 26.2 Å². The maximum absolute atomic E-state index is 10.5. The van der Waals surface area contributed by atoms with Gasteiger partial charge in [0.1, 0.15) is 0 Å². The summed E-state index contributed by atoms with van der Waals surface area (Å²) in [4.78, 5) is 9.81. The highest BCUT2D eigenvalue weighted by molar-refractivity contribution is 5.20. The van der Waals surface area contributed by atoms with Crippen LogP contribution in [0.15, 0.2) is 140 Å². The van der Waals surface area contributed by atoms with Crippen LogP contribution in [-0.2, 0) is 39.0 Å². The standard InChI is InChI=1S/C39H43N3O2/c43-30-38(24-32-14-5-1-6-15-32)41(26-34-18-9-3-10-19-34)28-36-22-13-23-37(40-36)29-42(27-35-20-11-4-12-21-35)39(31-44)25-33-16-7-2-8-17-33/h1-23,38-39,43-44H,24-31H2/t38-,39-/m1/s1. The average molecular weight is 586 g/mol. The van der Waals surface area contributed by atoms with Gasteiger partial charge in [0.15, 0.2) is 0 Å². The smallest absolute Gasteiger partial charge is 0.0590 e. The second-order valence-electron chi connectivity index (χ2n) is 11.5. The summed E-state index contributed by atoms with van der Waals surface area (Å²) in [6, 6.07) is 47.7. The van der Waals surface area contributed by atoms with Gasteiger partial charge in [0.2, 0.25) is 0 Å². The Labute approximate surface area is 262 Å². The lowest BCUT2D eigenvalue weighted by molar-refractivity contribution is 0.105. The van der Waals surface area contributed by atoms with Crippen molar-refractivity contribution in [3.05, 3.63) is 173 Å². The number of benzene rings is 4. The summed E-state index contributed by atoms with van der Waals surface area (Å²) in [5.41, 5.74) is 6.75. The van der Waals surface area contributed by atoms with E-state index in [1.807, 2.05) is 24.3 Å². The van der Waals surface area contributed by atoms with Crippen LogP contribution >= 0.6 is 0 Å². The van der Waals surface area contributed by atoms with Crippen LogP contribution < -0.4 is 0 Å². The van der Waals surface area contributed by atoms with Crippen molar-refractivity contribution in [1.29, 1.82) is 0 Å². The van der Waals surface area contributed by atoms with E-state index in [4.69, 9.17) is 4.98 Å². The fraction of sp³-hybridized carbons (Fsp3) is 0.256. The van der Waals surface area contributed by atoms with E-state index in [0.717, 1.165) is 24.2 Å². The monoisotopic (exact) mass is 585 g/mol. The molecule has 0 spiro atoms. The fourth-order valence-electron chi connectivity index (χ4n) is 5.78. The SMILES string of the molecule is OC[C@@H](Cc1ccccc1)N(Cc1ccccc1)Cc1cccc(CN(Cc2ccccc2)[C@@H](CO)Cc2ccccc2)n1. The zero-order valence-corrected chi connectivity index (χ0v) is 25.3. The van der Waals surface area contributed by atoms with Crippen molar-refractivity contribution in [2.45, 2.75) is 51.1 Å².